The number of rotatable bonds is 16. The van der Waals surface area contributed by atoms with Crippen molar-refractivity contribution in [3.63, 3.8) is 0 Å². The van der Waals surface area contributed by atoms with Crippen molar-refractivity contribution < 1.29 is 29.0 Å². The highest BCUT2D eigenvalue weighted by Gasteiger charge is 2.41. The predicted octanol–water partition coefficient (Wildman–Crippen LogP) is 6.13. The lowest BCUT2D eigenvalue weighted by Crippen LogP contribution is -2.31. The van der Waals surface area contributed by atoms with Gasteiger partial charge >= 0.3 is 0 Å². The molecule has 4 rings (SSSR count). The molecular formula is C30H30N6O8S4. The second-order valence-electron chi connectivity index (χ2n) is 10.6. The summed E-state index contributed by atoms with van der Waals surface area (Å²) in [5.41, 5.74) is -0.0992. The quantitative estimate of drug-likeness (QED) is 0.0663. The lowest BCUT2D eigenvalue weighted by atomic mass is 10.1. The zero-order chi connectivity index (χ0) is 34.8. The van der Waals surface area contributed by atoms with Crippen LogP contribution in [0.5, 0.6) is 0 Å². The maximum atomic E-state index is 13.2. The van der Waals surface area contributed by atoms with Crippen LogP contribution in [-0.2, 0) is 19.2 Å². The Bertz CT molecular complexity index is 1580. The number of para-hydroxylation sites is 4. The molecule has 2 aromatic carbocycles. The van der Waals surface area contributed by atoms with Gasteiger partial charge in [-0.1, -0.05) is 85.1 Å². The molecule has 0 atom stereocenters. The predicted molar refractivity (Wildman–Crippen MR) is 191 cm³/mol. The Balaban J connectivity index is 1.18. The van der Waals surface area contributed by atoms with Gasteiger partial charge in [-0.3, -0.25) is 49.2 Å². The van der Waals surface area contributed by atoms with E-state index in [1.54, 1.807) is 12.1 Å². The largest absolute Gasteiger partial charge is 0.320 e. The van der Waals surface area contributed by atoms with E-state index >= 15 is 0 Å². The summed E-state index contributed by atoms with van der Waals surface area (Å²) in [6, 6.07) is 11.8. The third-order valence-electron chi connectivity index (χ3n) is 7.23. The molecule has 2 aliphatic rings. The fourth-order valence-corrected chi connectivity index (χ4v) is 7.59. The Labute approximate surface area is 294 Å². The van der Waals surface area contributed by atoms with E-state index in [9.17, 15) is 39.4 Å². The van der Waals surface area contributed by atoms with Crippen LogP contribution in [0.25, 0.3) is 0 Å². The number of thioether (sulfide) groups is 2. The van der Waals surface area contributed by atoms with E-state index in [0.29, 0.717) is 60.3 Å². The zero-order valence-electron chi connectivity index (χ0n) is 25.4. The molecule has 2 saturated heterocycles. The molecule has 0 bridgehead atoms. The Morgan fingerprint density at radius 1 is 0.646 bits per heavy atom. The molecule has 14 nitrogen and oxygen atoms in total. The van der Waals surface area contributed by atoms with E-state index in [1.807, 2.05) is 0 Å². The first kappa shape index (κ1) is 36.6. The lowest BCUT2D eigenvalue weighted by Gasteiger charge is -2.14. The number of amides is 4. The molecule has 2 heterocycles. The fourth-order valence-electron chi connectivity index (χ4n) is 4.82. The normalized spacial score (nSPS) is 16.1. The number of nitrogens with zero attached hydrogens (tertiary/aromatic N) is 4. The molecule has 252 valence electrons. The summed E-state index contributed by atoms with van der Waals surface area (Å²) in [5.74, 6) is -1.44. The van der Waals surface area contributed by atoms with Crippen molar-refractivity contribution in [2.45, 2.75) is 51.4 Å². The molecular weight excluding hydrogens is 701 g/mol. The van der Waals surface area contributed by atoms with Crippen LogP contribution in [0.4, 0.5) is 22.7 Å². The van der Waals surface area contributed by atoms with Gasteiger partial charge in [0.15, 0.2) is 0 Å². The molecule has 2 fully saturated rings. The van der Waals surface area contributed by atoms with Gasteiger partial charge in [0.1, 0.15) is 20.0 Å². The van der Waals surface area contributed by atoms with Gasteiger partial charge in [0.05, 0.1) is 19.7 Å². The molecule has 18 heteroatoms. The Morgan fingerprint density at radius 3 is 1.40 bits per heavy atom. The van der Waals surface area contributed by atoms with Gasteiger partial charge in [0, 0.05) is 38.1 Å². The number of nitro benzene ring substituents is 2. The monoisotopic (exact) mass is 730 g/mol. The number of anilines is 2. The number of nitrogens with one attached hydrogen (secondary N) is 2. The molecule has 0 unspecified atom stereocenters. The van der Waals surface area contributed by atoms with Crippen LogP contribution >= 0.6 is 48.0 Å². The van der Waals surface area contributed by atoms with E-state index in [2.05, 4.69) is 10.6 Å². The van der Waals surface area contributed by atoms with E-state index in [1.165, 1.54) is 46.2 Å². The Kier molecular flexibility index (Phi) is 13.1. The number of hydrogen-bond acceptors (Lipinski definition) is 12. The fraction of sp³-hybridized carbons (Fsp3) is 0.333. The van der Waals surface area contributed by atoms with Crippen LogP contribution in [0, 0.1) is 20.2 Å². The number of hydrogen-bond donors (Lipinski definition) is 2. The van der Waals surface area contributed by atoms with Gasteiger partial charge in [-0.25, -0.2) is 0 Å². The average molecular weight is 731 g/mol. The highest BCUT2D eigenvalue weighted by molar-refractivity contribution is 8.29. The lowest BCUT2D eigenvalue weighted by molar-refractivity contribution is -0.384. The van der Waals surface area contributed by atoms with Gasteiger partial charge in [-0.15, -0.1) is 0 Å². The topological polar surface area (TPSA) is 185 Å². The molecule has 0 aliphatic carbocycles. The highest BCUT2D eigenvalue weighted by atomic mass is 32.2. The van der Waals surface area contributed by atoms with Crippen LogP contribution in [0.1, 0.15) is 51.4 Å². The summed E-state index contributed by atoms with van der Waals surface area (Å²) in [6.45, 7) is 0.622. The van der Waals surface area contributed by atoms with E-state index in [4.69, 9.17) is 24.4 Å². The summed E-state index contributed by atoms with van der Waals surface area (Å²) < 4.78 is 0.655. The molecule has 0 radical (unpaired) electrons. The van der Waals surface area contributed by atoms with E-state index in [0.717, 1.165) is 23.5 Å². The van der Waals surface area contributed by atoms with Crippen molar-refractivity contribution in [2.75, 3.05) is 23.7 Å². The van der Waals surface area contributed by atoms with Crippen LogP contribution in [-0.4, -0.2) is 65.0 Å². The molecule has 2 aliphatic heterocycles. The molecule has 2 N–H and O–H groups in total. The molecule has 0 spiro atoms. The summed E-state index contributed by atoms with van der Waals surface area (Å²) >= 11 is 12.9. The third-order valence-corrected chi connectivity index (χ3v) is 10.3. The molecule has 0 saturated carbocycles. The van der Waals surface area contributed by atoms with Crippen molar-refractivity contribution in [3.05, 3.63) is 78.6 Å². The smallest absolute Gasteiger partial charge is 0.292 e. The summed E-state index contributed by atoms with van der Waals surface area (Å²) in [6.07, 6.45) is 3.62. The summed E-state index contributed by atoms with van der Waals surface area (Å²) in [7, 11) is 0. The number of carbonyl (C=O) groups is 4. The Morgan fingerprint density at radius 2 is 1.02 bits per heavy atom. The minimum Gasteiger partial charge on any atom is -0.320 e. The molecule has 2 aromatic rings. The first-order valence-corrected chi connectivity index (χ1v) is 17.3. The van der Waals surface area contributed by atoms with Crippen LogP contribution < -0.4 is 10.6 Å². The second kappa shape index (κ2) is 17.2. The van der Waals surface area contributed by atoms with Gasteiger partial charge < -0.3 is 10.6 Å². The molecule has 0 aromatic heterocycles. The van der Waals surface area contributed by atoms with Gasteiger partial charge in [0.25, 0.3) is 23.2 Å². The number of nitro groups is 2. The average Bonchev–Trinajstić information content (AvgIpc) is 3.49. The number of thiocarbonyl (C=S) groups is 2. The molecule has 4 amide bonds. The van der Waals surface area contributed by atoms with Crippen molar-refractivity contribution in [3.8, 4) is 0 Å². The van der Waals surface area contributed by atoms with Gasteiger partial charge in [-0.05, 0) is 37.8 Å². The van der Waals surface area contributed by atoms with Crippen LogP contribution in [0.3, 0.4) is 0 Å². The Hall–Kier alpha value is -4.26. The summed E-state index contributed by atoms with van der Waals surface area (Å²) in [5, 5.41) is 27.4. The van der Waals surface area contributed by atoms with Gasteiger partial charge in [-0.2, -0.15) is 0 Å². The number of unbranched alkanes of at least 4 members (excludes halogenated alkanes) is 4. The zero-order valence-corrected chi connectivity index (χ0v) is 28.6. The van der Waals surface area contributed by atoms with Crippen LogP contribution in [0.15, 0.2) is 58.3 Å². The van der Waals surface area contributed by atoms with E-state index in [-0.39, 0.29) is 69.0 Å². The number of benzene rings is 2. The van der Waals surface area contributed by atoms with E-state index < -0.39 is 9.85 Å². The van der Waals surface area contributed by atoms with Crippen molar-refractivity contribution in [1.82, 2.24) is 9.80 Å². The standard InChI is InChI=1S/C30H30N6O8S4/c37-23(31-19-11-5-7-13-21(19)35(41)42)15-3-1-9-17-33-27(39)25(47-29(33)45)26-28(40)34(30(46)48-26)18-10-2-4-16-24(38)32-20-12-6-8-14-22(20)36(43)44/h5-8,11-14H,1-4,9-10,15-18H2,(H,31,37)(H,32,38)/b26-25+. The number of carbonyl (C=O) groups excluding carboxylic acids is 4. The second-order valence-corrected chi connectivity index (χ2v) is 13.9. The maximum absolute atomic E-state index is 13.2. The van der Waals surface area contributed by atoms with Crippen molar-refractivity contribution in [1.29, 1.82) is 0 Å². The SMILES string of the molecule is O=C(CCCCCN1C(=O)/C(=C2\SC(=S)N(CCCCCC(=O)Nc3ccccc3[N+](=O)[O-])C2=O)SC1=S)Nc1ccccc1[N+](=O)[O-]. The molecule has 48 heavy (non-hydrogen) atoms. The summed E-state index contributed by atoms with van der Waals surface area (Å²) in [4.78, 5) is 75.5. The van der Waals surface area contributed by atoms with Crippen molar-refractivity contribution >= 4 is 103 Å². The highest BCUT2D eigenvalue weighted by Crippen LogP contribution is 2.42. The maximum Gasteiger partial charge on any atom is 0.292 e. The third kappa shape index (κ3) is 9.42. The first-order valence-electron chi connectivity index (χ1n) is 14.9. The van der Waals surface area contributed by atoms with Gasteiger partial charge in [0.2, 0.25) is 11.8 Å². The minimum absolute atomic E-state index is 0.135. The minimum atomic E-state index is -0.561. The first-order chi connectivity index (χ1) is 23.0. The van der Waals surface area contributed by atoms with Crippen molar-refractivity contribution in [2.24, 2.45) is 0 Å². The van der Waals surface area contributed by atoms with Crippen LogP contribution in [0.2, 0.25) is 0 Å².